The van der Waals surface area contributed by atoms with Crippen LogP contribution in [0, 0.1) is 5.92 Å². The molecule has 4 N–H and O–H groups in total. The number of hydrogen-bond donors (Lipinski definition) is 3. The number of unbranched alkanes of at least 4 members (excludes halogenated alkanes) is 2. The molecule has 1 aliphatic rings. The van der Waals surface area contributed by atoms with Crippen molar-refractivity contribution in [2.75, 3.05) is 11.6 Å². The van der Waals surface area contributed by atoms with Gasteiger partial charge in [-0.3, -0.25) is 15.2 Å². The molecular weight excluding hydrogens is 326 g/mol. The summed E-state index contributed by atoms with van der Waals surface area (Å²) in [5, 5.41) is 12.2. The maximum Gasteiger partial charge on any atom is 0.268 e. The van der Waals surface area contributed by atoms with Gasteiger partial charge in [0.05, 0.1) is 5.69 Å². The number of amides is 1. The third-order valence-electron chi connectivity index (χ3n) is 5.30. The number of aliphatic hydroxyl groups excluding tert-OH is 1. The minimum Gasteiger partial charge on any atom is -0.382 e. The van der Waals surface area contributed by atoms with E-state index >= 15 is 0 Å². The van der Waals surface area contributed by atoms with Gasteiger partial charge < -0.3 is 10.8 Å². The predicted molar refractivity (Wildman–Crippen MR) is 107 cm³/mol. The second kappa shape index (κ2) is 11.2. The number of hydrazine groups is 1. The lowest BCUT2D eigenvalue weighted by molar-refractivity contribution is -0.130. The third kappa shape index (κ3) is 6.61. The van der Waals surface area contributed by atoms with Gasteiger partial charge in [0.1, 0.15) is 6.10 Å². The molecule has 5 heteroatoms. The van der Waals surface area contributed by atoms with E-state index in [2.05, 4.69) is 12.3 Å². The molecule has 1 amide bonds. The van der Waals surface area contributed by atoms with Crippen LogP contribution in [0.15, 0.2) is 30.3 Å². The number of hydrogen-bond acceptors (Lipinski definition) is 4. The van der Waals surface area contributed by atoms with Crippen LogP contribution < -0.4 is 16.2 Å². The zero-order valence-electron chi connectivity index (χ0n) is 16.1. The number of carbonyl (C=O) groups is 1. The smallest absolute Gasteiger partial charge is 0.268 e. The Bertz CT molecular complexity index is 517. The Morgan fingerprint density at radius 3 is 2.58 bits per heavy atom. The Labute approximate surface area is 157 Å². The van der Waals surface area contributed by atoms with E-state index in [1.165, 1.54) is 19.3 Å². The fraction of sp³-hybridized carbons (Fsp3) is 0.667. The number of nitrogens with two attached hydrogens (primary N) is 1. The van der Waals surface area contributed by atoms with E-state index < -0.39 is 18.1 Å². The average molecular weight is 362 g/mol. The molecule has 0 bridgehead atoms. The lowest BCUT2D eigenvalue weighted by atomic mass is 9.84. The van der Waals surface area contributed by atoms with E-state index in [1.807, 2.05) is 35.3 Å². The van der Waals surface area contributed by atoms with Crippen LogP contribution in [0.4, 0.5) is 5.69 Å². The monoisotopic (exact) mass is 361 g/mol. The fourth-order valence-electron chi connectivity index (χ4n) is 3.71. The average Bonchev–Trinajstić information content (AvgIpc) is 2.68. The second-order valence-electron chi connectivity index (χ2n) is 7.52. The zero-order valence-corrected chi connectivity index (χ0v) is 16.1. The van der Waals surface area contributed by atoms with Gasteiger partial charge in [-0.25, -0.2) is 0 Å². The Morgan fingerprint density at radius 1 is 1.23 bits per heavy atom. The predicted octanol–water partition coefficient (Wildman–Crippen LogP) is 3.37. The van der Waals surface area contributed by atoms with Gasteiger partial charge in [0, 0.05) is 12.6 Å². The molecule has 1 aromatic carbocycles. The molecule has 1 fully saturated rings. The Morgan fingerprint density at radius 2 is 1.92 bits per heavy atom. The van der Waals surface area contributed by atoms with Crippen LogP contribution in [-0.4, -0.2) is 29.7 Å². The Kier molecular flexibility index (Phi) is 8.92. The van der Waals surface area contributed by atoms with Gasteiger partial charge in [-0.2, -0.15) is 0 Å². The van der Waals surface area contributed by atoms with Crippen LogP contribution in [0.5, 0.6) is 0 Å². The van der Waals surface area contributed by atoms with Gasteiger partial charge in [-0.05, 0) is 30.9 Å². The van der Waals surface area contributed by atoms with Crippen molar-refractivity contribution in [1.82, 2.24) is 5.43 Å². The van der Waals surface area contributed by atoms with Gasteiger partial charge in [-0.15, -0.1) is 0 Å². The number of rotatable bonds is 10. The lowest BCUT2D eigenvalue weighted by Gasteiger charge is -2.30. The molecular formula is C21H35N3O2. The van der Waals surface area contributed by atoms with Crippen molar-refractivity contribution in [1.29, 1.82) is 0 Å². The van der Waals surface area contributed by atoms with E-state index in [0.717, 1.165) is 44.2 Å². The summed E-state index contributed by atoms with van der Waals surface area (Å²) in [5.74, 6) is 0.129. The molecule has 0 spiro atoms. The van der Waals surface area contributed by atoms with Crippen LogP contribution in [0.3, 0.4) is 0 Å². The van der Waals surface area contributed by atoms with E-state index in [0.29, 0.717) is 12.5 Å². The first-order chi connectivity index (χ1) is 12.6. The highest BCUT2D eigenvalue weighted by atomic mass is 16.3. The minimum absolute atomic E-state index is 0.409. The van der Waals surface area contributed by atoms with Crippen LogP contribution in [0.25, 0.3) is 0 Å². The molecule has 0 radical (unpaired) electrons. The van der Waals surface area contributed by atoms with E-state index in [1.54, 1.807) is 0 Å². The lowest BCUT2D eigenvalue weighted by Crippen LogP contribution is -2.53. The van der Waals surface area contributed by atoms with E-state index in [4.69, 9.17) is 5.73 Å². The van der Waals surface area contributed by atoms with E-state index in [-0.39, 0.29) is 0 Å². The SMILES string of the molecule is CCCCCN(NC(=O)C(O)C(N)CC1CCCCC1)c1ccccc1. The van der Waals surface area contributed by atoms with Gasteiger partial charge in [0.2, 0.25) is 0 Å². The first kappa shape index (κ1) is 20.7. The number of para-hydroxylation sites is 1. The topological polar surface area (TPSA) is 78.6 Å². The molecule has 1 saturated carbocycles. The summed E-state index contributed by atoms with van der Waals surface area (Å²) in [7, 11) is 0. The van der Waals surface area contributed by atoms with Gasteiger partial charge in [0.15, 0.2) is 0 Å². The number of nitrogens with zero attached hydrogens (tertiary/aromatic N) is 1. The summed E-state index contributed by atoms with van der Waals surface area (Å²) in [6.45, 7) is 2.87. The van der Waals surface area contributed by atoms with Crippen LogP contribution in [0.2, 0.25) is 0 Å². The first-order valence-electron chi connectivity index (χ1n) is 10.2. The van der Waals surface area contributed by atoms with Crippen molar-refractivity contribution in [3.05, 3.63) is 30.3 Å². The standard InChI is InChI=1S/C21H35N3O2/c1-2-3-10-15-24(18-13-8-5-9-14-18)23-21(26)20(25)19(22)16-17-11-6-4-7-12-17/h5,8-9,13-14,17,19-20,25H,2-4,6-7,10-12,15-16,22H2,1H3,(H,23,26). The molecule has 146 valence electrons. The summed E-state index contributed by atoms with van der Waals surface area (Å²) < 4.78 is 0. The molecule has 0 aromatic heterocycles. The minimum atomic E-state index is -1.17. The molecule has 2 rings (SSSR count). The third-order valence-corrected chi connectivity index (χ3v) is 5.30. The van der Waals surface area contributed by atoms with Crippen LogP contribution >= 0.6 is 0 Å². The molecule has 0 heterocycles. The van der Waals surface area contributed by atoms with Crippen LogP contribution in [0.1, 0.15) is 64.7 Å². The van der Waals surface area contributed by atoms with Crippen molar-refractivity contribution in [3.8, 4) is 0 Å². The van der Waals surface area contributed by atoms with Crippen molar-refractivity contribution < 1.29 is 9.90 Å². The molecule has 1 aliphatic carbocycles. The Balaban J connectivity index is 1.91. The highest BCUT2D eigenvalue weighted by Gasteiger charge is 2.27. The normalized spacial score (nSPS) is 17.5. The molecule has 0 saturated heterocycles. The molecule has 26 heavy (non-hydrogen) atoms. The summed E-state index contributed by atoms with van der Waals surface area (Å²) in [6, 6.07) is 9.25. The number of aliphatic hydroxyl groups is 1. The number of anilines is 1. The summed E-state index contributed by atoms with van der Waals surface area (Å²) in [4.78, 5) is 12.6. The van der Waals surface area contributed by atoms with Crippen molar-refractivity contribution >= 4 is 11.6 Å². The first-order valence-corrected chi connectivity index (χ1v) is 10.2. The molecule has 2 atom stereocenters. The number of carbonyl (C=O) groups excluding carboxylic acids is 1. The summed E-state index contributed by atoms with van der Waals surface area (Å²) in [6.07, 6.45) is 8.83. The largest absolute Gasteiger partial charge is 0.382 e. The van der Waals surface area contributed by atoms with Crippen molar-refractivity contribution in [3.63, 3.8) is 0 Å². The maximum absolute atomic E-state index is 12.6. The molecule has 2 unspecified atom stereocenters. The van der Waals surface area contributed by atoms with Crippen molar-refractivity contribution in [2.24, 2.45) is 11.7 Å². The second-order valence-corrected chi connectivity index (χ2v) is 7.52. The summed E-state index contributed by atoms with van der Waals surface area (Å²) >= 11 is 0. The molecule has 1 aromatic rings. The highest BCUT2D eigenvalue weighted by molar-refractivity contribution is 5.82. The Hall–Kier alpha value is -1.59. The summed E-state index contributed by atoms with van der Waals surface area (Å²) in [5.41, 5.74) is 9.95. The fourth-order valence-corrected chi connectivity index (χ4v) is 3.71. The number of nitrogens with one attached hydrogen (secondary N) is 1. The van der Waals surface area contributed by atoms with Gasteiger partial charge >= 0.3 is 0 Å². The zero-order chi connectivity index (χ0) is 18.8. The highest BCUT2D eigenvalue weighted by Crippen LogP contribution is 2.27. The maximum atomic E-state index is 12.6. The van der Waals surface area contributed by atoms with Gasteiger partial charge in [-0.1, -0.05) is 70.1 Å². The molecule has 0 aliphatic heterocycles. The van der Waals surface area contributed by atoms with Gasteiger partial charge in [0.25, 0.3) is 5.91 Å². The quantitative estimate of drug-likeness (QED) is 0.441. The molecule has 5 nitrogen and oxygen atoms in total. The van der Waals surface area contributed by atoms with E-state index in [9.17, 15) is 9.90 Å². The van der Waals surface area contributed by atoms with Crippen LogP contribution in [-0.2, 0) is 4.79 Å². The van der Waals surface area contributed by atoms with Crippen molar-refractivity contribution in [2.45, 2.75) is 76.9 Å². The number of benzene rings is 1.